The smallest absolute Gasteiger partial charge is 0.317 e. The van der Waals surface area contributed by atoms with Gasteiger partial charge in [-0.15, -0.1) is 0 Å². The summed E-state index contributed by atoms with van der Waals surface area (Å²) in [4.78, 5) is 28.3. The molecule has 6 heteroatoms. The second-order valence-electron chi connectivity index (χ2n) is 6.29. The third-order valence-electron chi connectivity index (χ3n) is 4.43. The summed E-state index contributed by atoms with van der Waals surface area (Å²) in [7, 11) is 0. The predicted molar refractivity (Wildman–Crippen MR) is 97.2 cm³/mol. The number of rotatable bonds is 3. The van der Waals surface area contributed by atoms with Crippen LogP contribution >= 0.6 is 0 Å². The number of carbonyl (C=O) groups excluding carboxylic acids is 2. The highest BCUT2D eigenvalue weighted by atomic mass is 19.1. The molecule has 0 aliphatic carbocycles. The molecule has 3 rings (SSSR count). The highest BCUT2D eigenvalue weighted by molar-refractivity contribution is 5.94. The zero-order valence-electron chi connectivity index (χ0n) is 14.5. The number of nitrogens with one attached hydrogen (secondary N) is 1. The van der Waals surface area contributed by atoms with Crippen LogP contribution in [0.3, 0.4) is 0 Å². The van der Waals surface area contributed by atoms with Crippen LogP contribution in [-0.2, 0) is 6.54 Å². The molecule has 3 amide bonds. The van der Waals surface area contributed by atoms with Gasteiger partial charge < -0.3 is 15.1 Å². The molecule has 0 radical (unpaired) electrons. The number of carbonyl (C=O) groups is 2. The molecule has 136 valence electrons. The van der Waals surface area contributed by atoms with E-state index >= 15 is 0 Å². The molecule has 0 spiro atoms. The predicted octanol–water partition coefficient (Wildman–Crippen LogP) is 2.88. The van der Waals surface area contributed by atoms with Gasteiger partial charge in [-0.25, -0.2) is 9.18 Å². The molecule has 1 N–H and O–H groups in total. The molecule has 2 aromatic carbocycles. The van der Waals surface area contributed by atoms with Gasteiger partial charge in [0.2, 0.25) is 0 Å². The number of hydrogen-bond acceptors (Lipinski definition) is 2. The fraction of sp³-hybridized carbons (Fsp3) is 0.300. The van der Waals surface area contributed by atoms with E-state index < -0.39 is 5.82 Å². The monoisotopic (exact) mass is 355 g/mol. The topological polar surface area (TPSA) is 52.7 Å². The van der Waals surface area contributed by atoms with Crippen LogP contribution in [0.5, 0.6) is 0 Å². The van der Waals surface area contributed by atoms with Crippen molar-refractivity contribution in [3.05, 3.63) is 71.5 Å². The minimum atomic E-state index is -0.424. The summed E-state index contributed by atoms with van der Waals surface area (Å²) in [5.41, 5.74) is 1.38. The Morgan fingerprint density at radius 2 is 1.65 bits per heavy atom. The first-order chi connectivity index (χ1) is 12.6. The van der Waals surface area contributed by atoms with Crippen LogP contribution in [0.2, 0.25) is 0 Å². The SMILES string of the molecule is O=C(NCc1ccccc1)N1CCCN(C(=O)c2cccc(F)c2)CC1. The van der Waals surface area contributed by atoms with E-state index in [1.807, 2.05) is 30.3 Å². The van der Waals surface area contributed by atoms with Gasteiger partial charge in [0.05, 0.1) is 0 Å². The molecule has 1 aliphatic rings. The summed E-state index contributed by atoms with van der Waals surface area (Å²) in [5.74, 6) is -0.622. The van der Waals surface area contributed by atoms with E-state index in [0.29, 0.717) is 44.7 Å². The van der Waals surface area contributed by atoms with Gasteiger partial charge in [-0.05, 0) is 30.2 Å². The molecular weight excluding hydrogens is 333 g/mol. The van der Waals surface area contributed by atoms with Crippen molar-refractivity contribution >= 4 is 11.9 Å². The Hall–Kier alpha value is -2.89. The molecule has 1 saturated heterocycles. The van der Waals surface area contributed by atoms with Crippen LogP contribution in [0.4, 0.5) is 9.18 Å². The summed E-state index contributed by atoms with van der Waals surface area (Å²) in [6, 6.07) is 15.3. The molecular formula is C20H22FN3O2. The lowest BCUT2D eigenvalue weighted by Gasteiger charge is -2.22. The van der Waals surface area contributed by atoms with Gasteiger partial charge in [0.15, 0.2) is 0 Å². The fourth-order valence-corrected chi connectivity index (χ4v) is 3.01. The third-order valence-corrected chi connectivity index (χ3v) is 4.43. The molecule has 5 nitrogen and oxygen atoms in total. The Labute approximate surface area is 152 Å². The number of hydrogen-bond donors (Lipinski definition) is 1. The van der Waals surface area contributed by atoms with Gasteiger partial charge in [-0.1, -0.05) is 36.4 Å². The van der Waals surface area contributed by atoms with Gasteiger partial charge in [0, 0.05) is 38.3 Å². The van der Waals surface area contributed by atoms with Crippen LogP contribution in [0.1, 0.15) is 22.3 Å². The van der Waals surface area contributed by atoms with E-state index in [1.54, 1.807) is 15.9 Å². The molecule has 0 unspecified atom stereocenters. The maximum absolute atomic E-state index is 13.3. The van der Waals surface area contributed by atoms with E-state index in [2.05, 4.69) is 5.32 Å². The van der Waals surface area contributed by atoms with Gasteiger partial charge in [0.25, 0.3) is 5.91 Å². The standard InChI is InChI=1S/C20H22FN3O2/c21-18-9-4-8-17(14-18)19(25)23-10-5-11-24(13-12-23)20(26)22-15-16-6-2-1-3-7-16/h1-4,6-9,14H,5,10-13,15H2,(H,22,26). The van der Waals surface area contributed by atoms with Crippen molar-refractivity contribution in [3.8, 4) is 0 Å². The van der Waals surface area contributed by atoms with E-state index in [4.69, 9.17) is 0 Å². The van der Waals surface area contributed by atoms with Crippen molar-refractivity contribution in [2.45, 2.75) is 13.0 Å². The van der Waals surface area contributed by atoms with Crippen molar-refractivity contribution in [3.63, 3.8) is 0 Å². The average molecular weight is 355 g/mol. The molecule has 0 atom stereocenters. The third kappa shape index (κ3) is 4.59. The average Bonchev–Trinajstić information content (AvgIpc) is 2.92. The fourth-order valence-electron chi connectivity index (χ4n) is 3.01. The zero-order chi connectivity index (χ0) is 18.4. The molecule has 0 aromatic heterocycles. The molecule has 2 aromatic rings. The maximum Gasteiger partial charge on any atom is 0.317 e. The summed E-state index contributed by atoms with van der Waals surface area (Å²) >= 11 is 0. The first-order valence-electron chi connectivity index (χ1n) is 8.75. The van der Waals surface area contributed by atoms with E-state index in [9.17, 15) is 14.0 Å². The van der Waals surface area contributed by atoms with Crippen LogP contribution in [0.15, 0.2) is 54.6 Å². The van der Waals surface area contributed by atoms with Gasteiger partial charge in [0.1, 0.15) is 5.82 Å². The number of urea groups is 1. The summed E-state index contributed by atoms with van der Waals surface area (Å²) in [5, 5.41) is 2.91. The minimum Gasteiger partial charge on any atom is -0.337 e. The number of amides is 3. The van der Waals surface area contributed by atoms with Crippen LogP contribution < -0.4 is 5.32 Å². The molecule has 1 heterocycles. The van der Waals surface area contributed by atoms with E-state index in [1.165, 1.54) is 18.2 Å². The number of benzene rings is 2. The quantitative estimate of drug-likeness (QED) is 0.920. The highest BCUT2D eigenvalue weighted by Gasteiger charge is 2.22. The van der Waals surface area contributed by atoms with Crippen molar-refractivity contribution in [1.29, 1.82) is 0 Å². The normalized spacial score (nSPS) is 14.7. The van der Waals surface area contributed by atoms with Crippen molar-refractivity contribution in [2.75, 3.05) is 26.2 Å². The van der Waals surface area contributed by atoms with Crippen LogP contribution in [-0.4, -0.2) is 47.9 Å². The Kier molecular flexibility index (Phi) is 5.84. The summed E-state index contributed by atoms with van der Waals surface area (Å²) in [6.45, 7) is 2.52. The highest BCUT2D eigenvalue weighted by Crippen LogP contribution is 2.11. The maximum atomic E-state index is 13.3. The van der Waals surface area contributed by atoms with Gasteiger partial charge in [-0.3, -0.25) is 4.79 Å². The molecule has 0 bridgehead atoms. The van der Waals surface area contributed by atoms with Crippen molar-refractivity contribution in [1.82, 2.24) is 15.1 Å². The number of halogens is 1. The second kappa shape index (κ2) is 8.47. The lowest BCUT2D eigenvalue weighted by atomic mass is 10.2. The van der Waals surface area contributed by atoms with Gasteiger partial charge in [-0.2, -0.15) is 0 Å². The Morgan fingerprint density at radius 3 is 2.42 bits per heavy atom. The summed E-state index contributed by atoms with van der Waals surface area (Å²) < 4.78 is 13.3. The summed E-state index contributed by atoms with van der Waals surface area (Å²) in [6.07, 6.45) is 0.694. The Balaban J connectivity index is 1.54. The van der Waals surface area contributed by atoms with Crippen LogP contribution in [0.25, 0.3) is 0 Å². The lowest BCUT2D eigenvalue weighted by Crippen LogP contribution is -2.42. The molecule has 1 fully saturated rings. The molecule has 26 heavy (non-hydrogen) atoms. The largest absolute Gasteiger partial charge is 0.337 e. The first-order valence-corrected chi connectivity index (χ1v) is 8.75. The first kappa shape index (κ1) is 17.9. The van der Waals surface area contributed by atoms with Crippen molar-refractivity contribution in [2.24, 2.45) is 0 Å². The van der Waals surface area contributed by atoms with E-state index in [-0.39, 0.29) is 11.9 Å². The minimum absolute atomic E-state index is 0.131. The lowest BCUT2D eigenvalue weighted by molar-refractivity contribution is 0.0762. The van der Waals surface area contributed by atoms with Crippen molar-refractivity contribution < 1.29 is 14.0 Å². The Bertz CT molecular complexity index is 767. The molecule has 1 aliphatic heterocycles. The van der Waals surface area contributed by atoms with Gasteiger partial charge >= 0.3 is 6.03 Å². The van der Waals surface area contributed by atoms with E-state index in [0.717, 1.165) is 5.56 Å². The second-order valence-corrected chi connectivity index (χ2v) is 6.29. The Morgan fingerprint density at radius 1 is 0.923 bits per heavy atom. The molecule has 0 saturated carbocycles. The van der Waals surface area contributed by atoms with Crippen LogP contribution in [0, 0.1) is 5.82 Å². The number of nitrogens with zero attached hydrogens (tertiary/aromatic N) is 2. The zero-order valence-corrected chi connectivity index (χ0v) is 14.5.